The van der Waals surface area contributed by atoms with Gasteiger partial charge in [0.25, 0.3) is 0 Å². The number of benzene rings is 1. The molecule has 2 unspecified atom stereocenters. The molecule has 0 amide bonds. The smallest absolute Gasteiger partial charge is 0.243 e. The minimum absolute atomic E-state index is 0.138. The maximum Gasteiger partial charge on any atom is 0.243 e. The van der Waals surface area contributed by atoms with Crippen molar-refractivity contribution in [3.63, 3.8) is 0 Å². The highest BCUT2D eigenvalue weighted by Gasteiger charge is 2.32. The average Bonchev–Trinajstić information content (AvgIpc) is 2.70. The van der Waals surface area contributed by atoms with E-state index in [1.165, 1.54) is 4.31 Å². The Bertz CT molecular complexity index is 637. The molecule has 0 aromatic heterocycles. The van der Waals surface area contributed by atoms with Crippen molar-refractivity contribution in [2.24, 2.45) is 0 Å². The van der Waals surface area contributed by atoms with Gasteiger partial charge in [-0.15, -0.1) is 0 Å². The predicted molar refractivity (Wildman–Crippen MR) is 82.9 cm³/mol. The van der Waals surface area contributed by atoms with Gasteiger partial charge in [-0.1, -0.05) is 0 Å². The van der Waals surface area contributed by atoms with Gasteiger partial charge in [-0.3, -0.25) is 0 Å². The maximum absolute atomic E-state index is 12.9. The highest BCUT2D eigenvalue weighted by Crippen LogP contribution is 2.33. The normalized spacial score (nSPS) is 26.5. The highest BCUT2D eigenvalue weighted by atomic mass is 32.2. The van der Waals surface area contributed by atoms with Crippen LogP contribution in [0.2, 0.25) is 0 Å². The average molecular weight is 326 g/mol. The van der Waals surface area contributed by atoms with E-state index >= 15 is 0 Å². The van der Waals surface area contributed by atoms with Crippen LogP contribution in [-0.4, -0.2) is 51.1 Å². The van der Waals surface area contributed by atoms with Crippen LogP contribution in [0.1, 0.15) is 20.3 Å². The zero-order valence-corrected chi connectivity index (χ0v) is 13.7. The summed E-state index contributed by atoms with van der Waals surface area (Å²) in [6.07, 6.45) is 0.795. The number of ether oxygens (including phenoxy) is 2. The molecule has 0 aliphatic carbocycles. The minimum atomic E-state index is -3.52. The van der Waals surface area contributed by atoms with Gasteiger partial charge >= 0.3 is 0 Å². The van der Waals surface area contributed by atoms with Crippen molar-refractivity contribution in [1.29, 1.82) is 0 Å². The molecule has 2 atom stereocenters. The van der Waals surface area contributed by atoms with Gasteiger partial charge in [-0.05, 0) is 26.0 Å². The summed E-state index contributed by atoms with van der Waals surface area (Å²) in [7, 11) is -3.52. The summed E-state index contributed by atoms with van der Waals surface area (Å²) in [5.74, 6) is 1.12. The van der Waals surface area contributed by atoms with Crippen LogP contribution in [0.15, 0.2) is 23.1 Å². The molecule has 22 heavy (non-hydrogen) atoms. The fraction of sp³-hybridized carbons (Fsp3) is 0.600. The number of rotatable bonds is 2. The molecule has 0 bridgehead atoms. The number of nitrogens with zero attached hydrogens (tertiary/aromatic N) is 1. The van der Waals surface area contributed by atoms with Gasteiger partial charge in [-0.2, -0.15) is 4.31 Å². The fourth-order valence-corrected chi connectivity index (χ4v) is 4.56. The molecule has 1 fully saturated rings. The van der Waals surface area contributed by atoms with E-state index in [4.69, 9.17) is 9.47 Å². The molecule has 2 aliphatic heterocycles. The molecule has 2 aliphatic rings. The molecule has 3 rings (SSSR count). The largest absolute Gasteiger partial charge is 0.490 e. The molecule has 1 saturated heterocycles. The van der Waals surface area contributed by atoms with Gasteiger partial charge in [-0.25, -0.2) is 8.42 Å². The number of hydrogen-bond acceptors (Lipinski definition) is 5. The van der Waals surface area contributed by atoms with E-state index in [-0.39, 0.29) is 17.0 Å². The van der Waals surface area contributed by atoms with Crippen LogP contribution < -0.4 is 14.8 Å². The molecule has 2 heterocycles. The molecule has 0 saturated carbocycles. The lowest BCUT2D eigenvalue weighted by atomic mass is 10.2. The van der Waals surface area contributed by atoms with Crippen LogP contribution in [0.25, 0.3) is 0 Å². The molecule has 6 nitrogen and oxygen atoms in total. The molecule has 1 aromatic carbocycles. The van der Waals surface area contributed by atoms with Gasteiger partial charge in [0.2, 0.25) is 10.0 Å². The third-order valence-corrected chi connectivity index (χ3v) is 5.71. The van der Waals surface area contributed by atoms with Crippen LogP contribution in [0.4, 0.5) is 0 Å². The topological polar surface area (TPSA) is 67.9 Å². The van der Waals surface area contributed by atoms with Crippen molar-refractivity contribution in [2.75, 3.05) is 26.3 Å². The van der Waals surface area contributed by atoms with Crippen molar-refractivity contribution in [1.82, 2.24) is 9.62 Å². The van der Waals surface area contributed by atoms with E-state index in [9.17, 15) is 8.42 Å². The fourth-order valence-electron chi connectivity index (χ4n) is 2.93. The van der Waals surface area contributed by atoms with Crippen molar-refractivity contribution >= 4 is 10.0 Å². The highest BCUT2D eigenvalue weighted by molar-refractivity contribution is 7.89. The minimum Gasteiger partial charge on any atom is -0.490 e. The third-order valence-electron chi connectivity index (χ3n) is 3.88. The summed E-state index contributed by atoms with van der Waals surface area (Å²) in [5, 5.41) is 3.34. The van der Waals surface area contributed by atoms with Crippen LogP contribution in [-0.2, 0) is 10.0 Å². The van der Waals surface area contributed by atoms with Crippen LogP contribution in [0, 0.1) is 0 Å². The van der Waals surface area contributed by atoms with E-state index in [2.05, 4.69) is 5.32 Å². The summed E-state index contributed by atoms with van der Waals surface area (Å²) in [6.45, 7) is 6.06. The summed E-state index contributed by atoms with van der Waals surface area (Å²) < 4.78 is 38.4. The number of nitrogens with one attached hydrogen (secondary N) is 1. The Morgan fingerprint density at radius 2 is 1.73 bits per heavy atom. The van der Waals surface area contributed by atoms with Crippen molar-refractivity contribution in [3.05, 3.63) is 18.2 Å². The van der Waals surface area contributed by atoms with E-state index in [0.29, 0.717) is 37.8 Å². The third kappa shape index (κ3) is 3.06. The Morgan fingerprint density at radius 3 is 2.41 bits per heavy atom. The van der Waals surface area contributed by atoms with Crippen LogP contribution >= 0.6 is 0 Å². The molecule has 1 aromatic rings. The summed E-state index contributed by atoms with van der Waals surface area (Å²) in [6, 6.07) is 5.13. The predicted octanol–water partition coefficient (Wildman–Crippen LogP) is 1.22. The number of piperazine rings is 1. The van der Waals surface area contributed by atoms with E-state index < -0.39 is 10.0 Å². The number of sulfonamides is 1. The monoisotopic (exact) mass is 326 g/mol. The lowest BCUT2D eigenvalue weighted by Crippen LogP contribution is -2.55. The van der Waals surface area contributed by atoms with Gasteiger partial charge < -0.3 is 14.8 Å². The number of hydrogen-bond donors (Lipinski definition) is 1. The summed E-state index contributed by atoms with van der Waals surface area (Å²) in [4.78, 5) is 0.262. The van der Waals surface area contributed by atoms with E-state index in [1.54, 1.807) is 18.2 Å². The zero-order valence-electron chi connectivity index (χ0n) is 12.9. The molecule has 122 valence electrons. The van der Waals surface area contributed by atoms with Crippen LogP contribution in [0.5, 0.6) is 11.5 Å². The second kappa shape index (κ2) is 6.06. The van der Waals surface area contributed by atoms with Gasteiger partial charge in [0.05, 0.1) is 18.1 Å². The van der Waals surface area contributed by atoms with E-state index in [1.807, 2.05) is 13.8 Å². The summed E-state index contributed by atoms with van der Waals surface area (Å²) in [5.41, 5.74) is 0. The van der Waals surface area contributed by atoms with Crippen LogP contribution in [0.3, 0.4) is 0 Å². The molecule has 0 spiro atoms. The Morgan fingerprint density at radius 1 is 1.09 bits per heavy atom. The SMILES string of the molecule is CC1CN(S(=O)(=O)c2ccc3c(c2)OCCCO3)CC(C)N1. The first-order chi connectivity index (χ1) is 10.5. The van der Waals surface area contributed by atoms with Crippen molar-refractivity contribution < 1.29 is 17.9 Å². The molecular formula is C15H22N2O4S. The standard InChI is InChI=1S/C15H22N2O4S/c1-11-9-17(10-12(2)16-11)22(18,19)13-4-5-14-15(8-13)21-7-3-6-20-14/h4-5,8,11-12,16H,3,6-7,9-10H2,1-2H3. The van der Waals surface area contributed by atoms with Gasteiger partial charge in [0, 0.05) is 37.7 Å². The van der Waals surface area contributed by atoms with Gasteiger partial charge in [0.1, 0.15) is 0 Å². The lowest BCUT2D eigenvalue weighted by molar-refractivity contribution is 0.262. The number of fused-ring (bicyclic) bond motifs is 1. The Hall–Kier alpha value is -1.31. The Balaban J connectivity index is 1.90. The first-order valence-corrected chi connectivity index (χ1v) is 9.06. The Labute approximate surface area is 131 Å². The molecule has 0 radical (unpaired) electrons. The second-order valence-electron chi connectivity index (χ2n) is 5.95. The Kier molecular flexibility index (Phi) is 4.29. The molecular weight excluding hydrogens is 304 g/mol. The first kappa shape index (κ1) is 15.6. The van der Waals surface area contributed by atoms with Crippen molar-refractivity contribution in [3.8, 4) is 11.5 Å². The first-order valence-electron chi connectivity index (χ1n) is 7.62. The molecule has 1 N–H and O–H groups in total. The summed E-state index contributed by atoms with van der Waals surface area (Å²) >= 11 is 0. The zero-order chi connectivity index (χ0) is 15.7. The van der Waals surface area contributed by atoms with E-state index in [0.717, 1.165) is 6.42 Å². The van der Waals surface area contributed by atoms with Crippen molar-refractivity contribution in [2.45, 2.75) is 37.2 Å². The maximum atomic E-state index is 12.9. The lowest BCUT2D eigenvalue weighted by Gasteiger charge is -2.35. The quantitative estimate of drug-likeness (QED) is 0.885. The molecule has 7 heteroatoms. The second-order valence-corrected chi connectivity index (χ2v) is 7.89. The van der Waals surface area contributed by atoms with Gasteiger partial charge in [0.15, 0.2) is 11.5 Å².